The van der Waals surface area contributed by atoms with Crippen molar-refractivity contribution in [2.24, 2.45) is 0 Å². The number of nitrogens with one attached hydrogen (secondary N) is 3. The number of anilines is 2. The normalized spacial score (nSPS) is 17.9. The van der Waals surface area contributed by atoms with E-state index in [-0.39, 0.29) is 36.1 Å². The predicted octanol–water partition coefficient (Wildman–Crippen LogP) is 4.22. The maximum Gasteiger partial charge on any atom is 0.254 e. The summed E-state index contributed by atoms with van der Waals surface area (Å²) in [6.45, 7) is 6.89. The van der Waals surface area contributed by atoms with Gasteiger partial charge in [0.15, 0.2) is 5.82 Å². The molecule has 2 atom stereocenters. The molecule has 0 aliphatic carbocycles. The number of hydrogen-bond donors (Lipinski definition) is 6. The van der Waals surface area contributed by atoms with Crippen molar-refractivity contribution in [1.29, 1.82) is 0 Å². The van der Waals surface area contributed by atoms with E-state index in [2.05, 4.69) is 16.0 Å². The Balaban J connectivity index is 1.93. The van der Waals surface area contributed by atoms with Gasteiger partial charge in [0.25, 0.3) is 5.91 Å². The zero-order chi connectivity index (χ0) is 26.3. The first-order valence-electron chi connectivity index (χ1n) is 12.5. The zero-order valence-corrected chi connectivity index (χ0v) is 22.0. The van der Waals surface area contributed by atoms with Crippen LogP contribution in [0, 0.1) is 5.82 Å². The van der Waals surface area contributed by atoms with E-state index in [1.807, 2.05) is 51.1 Å². The third-order valence-corrected chi connectivity index (χ3v) is 8.07. The Morgan fingerprint density at radius 3 is 2.53 bits per heavy atom. The van der Waals surface area contributed by atoms with Gasteiger partial charge in [-0.05, 0) is 43.9 Å². The molecular weight excluding hydrogens is 483 g/mol. The summed E-state index contributed by atoms with van der Waals surface area (Å²) in [4.78, 5) is 13.4. The largest absolute Gasteiger partial charge is 0.390 e. The topological polar surface area (TPSA) is 117 Å². The molecule has 1 heterocycles. The average molecular weight is 523 g/mol. The van der Waals surface area contributed by atoms with Crippen molar-refractivity contribution in [2.75, 3.05) is 35.0 Å². The van der Waals surface area contributed by atoms with Gasteiger partial charge in [-0.15, -0.1) is 10.8 Å². The number of halogens is 1. The summed E-state index contributed by atoms with van der Waals surface area (Å²) < 4.78 is 38.2. The minimum absolute atomic E-state index is 0.0140. The highest BCUT2D eigenvalue weighted by atomic mass is 32.3. The number of carbonyl (C=O) groups is 1. The summed E-state index contributed by atoms with van der Waals surface area (Å²) in [7, 11) is -3.18. The Hall–Kier alpha value is -2.37. The molecule has 0 aromatic heterocycles. The number of benzene rings is 2. The number of nitrogens with zero attached hydrogens (tertiary/aromatic N) is 1. The summed E-state index contributed by atoms with van der Waals surface area (Å²) in [6.07, 6.45) is 0.785. The van der Waals surface area contributed by atoms with Crippen LogP contribution in [0.25, 0.3) is 0 Å². The van der Waals surface area contributed by atoms with Gasteiger partial charge in [-0.25, -0.2) is 4.39 Å². The molecule has 2 aromatic carbocycles. The molecule has 0 radical (unpaired) electrons. The van der Waals surface area contributed by atoms with Gasteiger partial charge < -0.3 is 21.1 Å². The molecule has 0 unspecified atom stereocenters. The highest BCUT2D eigenvalue weighted by molar-refractivity contribution is 8.25. The number of rotatable bonds is 11. The standard InChI is InChI=1S/C26H39FN4O4S/c1-4-28-20-15-21(25(27)23(16-20)31-12-8-9-13-36(31,34)35)26(33)30-22(24(32)17-29-18(2)3)14-19-10-6-5-7-11-19/h5-7,10-11,15-16,18,22,24,28-29,32,34-35H,4,8-9,12-14,17H2,1-3H3,(H,30,33)/t22-,24+/m0/s1. The molecule has 1 saturated heterocycles. The van der Waals surface area contributed by atoms with Crippen LogP contribution in [0.3, 0.4) is 0 Å². The number of carbonyl (C=O) groups excluding carboxylic acids is 1. The number of aliphatic hydroxyl groups excluding tert-OH is 1. The van der Waals surface area contributed by atoms with Crippen molar-refractivity contribution >= 4 is 28.1 Å². The molecule has 1 aliphatic rings. The molecule has 1 aliphatic heterocycles. The van der Waals surface area contributed by atoms with Gasteiger partial charge in [-0.2, -0.15) is 0 Å². The molecule has 0 saturated carbocycles. The number of hydrogen-bond acceptors (Lipinski definition) is 7. The zero-order valence-electron chi connectivity index (χ0n) is 21.2. The highest BCUT2D eigenvalue weighted by Gasteiger charge is 2.32. The maximum absolute atomic E-state index is 15.8. The van der Waals surface area contributed by atoms with Gasteiger partial charge >= 0.3 is 0 Å². The lowest BCUT2D eigenvalue weighted by Gasteiger charge is -2.47. The summed E-state index contributed by atoms with van der Waals surface area (Å²) in [6, 6.07) is 11.9. The molecule has 1 fully saturated rings. The molecule has 36 heavy (non-hydrogen) atoms. The molecule has 10 heteroatoms. The first-order chi connectivity index (χ1) is 17.1. The first kappa shape index (κ1) is 28.2. The summed E-state index contributed by atoms with van der Waals surface area (Å²) in [5.41, 5.74) is 1.20. The van der Waals surface area contributed by atoms with Crippen molar-refractivity contribution in [3.63, 3.8) is 0 Å². The third-order valence-electron chi connectivity index (χ3n) is 6.14. The SMILES string of the molecule is CCNc1cc(C(=O)N[C@@H](Cc2ccccc2)[C@H](O)CNC(C)C)c(F)c(N2CCCCS2(O)O)c1. The first-order valence-corrected chi connectivity index (χ1v) is 14.2. The van der Waals surface area contributed by atoms with Crippen LogP contribution in [0.5, 0.6) is 0 Å². The molecular formula is C26H39FN4O4S. The Labute approximate surface area is 214 Å². The van der Waals surface area contributed by atoms with Crippen molar-refractivity contribution in [3.8, 4) is 0 Å². The van der Waals surface area contributed by atoms with E-state index in [1.165, 1.54) is 16.4 Å². The van der Waals surface area contributed by atoms with E-state index >= 15 is 4.39 Å². The van der Waals surface area contributed by atoms with Crippen molar-refractivity contribution < 1.29 is 23.4 Å². The fourth-order valence-electron chi connectivity index (χ4n) is 4.24. The van der Waals surface area contributed by atoms with Gasteiger partial charge in [0.2, 0.25) is 0 Å². The second-order valence-electron chi connectivity index (χ2n) is 9.43. The summed E-state index contributed by atoms with van der Waals surface area (Å²) in [5, 5.41) is 20.0. The van der Waals surface area contributed by atoms with E-state index in [9.17, 15) is 19.0 Å². The van der Waals surface area contributed by atoms with Crippen LogP contribution in [-0.2, 0) is 6.42 Å². The van der Waals surface area contributed by atoms with Crippen molar-refractivity contribution in [3.05, 3.63) is 59.4 Å². The quantitative estimate of drug-likeness (QED) is 0.262. The number of amides is 1. The van der Waals surface area contributed by atoms with Gasteiger partial charge in [-0.3, -0.25) is 18.2 Å². The minimum Gasteiger partial charge on any atom is -0.390 e. The Bertz CT molecular complexity index is 1010. The van der Waals surface area contributed by atoms with Crippen LogP contribution in [0.2, 0.25) is 0 Å². The van der Waals surface area contributed by atoms with E-state index in [0.29, 0.717) is 31.5 Å². The fourth-order valence-corrected chi connectivity index (χ4v) is 5.92. The van der Waals surface area contributed by atoms with Crippen LogP contribution >= 0.6 is 10.8 Å². The molecule has 1 amide bonds. The lowest BCUT2D eigenvalue weighted by molar-refractivity contribution is 0.0823. The average Bonchev–Trinajstić information content (AvgIpc) is 2.83. The lowest BCUT2D eigenvalue weighted by Crippen LogP contribution is -2.49. The van der Waals surface area contributed by atoms with Crippen molar-refractivity contribution in [1.82, 2.24) is 10.6 Å². The summed E-state index contributed by atoms with van der Waals surface area (Å²) >= 11 is 0. The maximum atomic E-state index is 15.8. The van der Waals surface area contributed by atoms with Crippen molar-refractivity contribution in [2.45, 2.75) is 58.2 Å². The van der Waals surface area contributed by atoms with Crippen LogP contribution in [-0.4, -0.2) is 63.7 Å². The Morgan fingerprint density at radius 2 is 1.89 bits per heavy atom. The van der Waals surface area contributed by atoms with E-state index < -0.39 is 34.6 Å². The molecule has 2 aromatic rings. The molecule has 6 N–H and O–H groups in total. The fraction of sp³-hybridized carbons (Fsp3) is 0.500. The third kappa shape index (κ3) is 7.33. The van der Waals surface area contributed by atoms with Crippen LogP contribution in [0.1, 0.15) is 49.5 Å². The molecule has 8 nitrogen and oxygen atoms in total. The van der Waals surface area contributed by atoms with Crippen LogP contribution in [0.15, 0.2) is 42.5 Å². The Morgan fingerprint density at radius 1 is 1.17 bits per heavy atom. The molecule has 0 bridgehead atoms. The molecule has 0 spiro atoms. The van der Waals surface area contributed by atoms with E-state index in [4.69, 9.17) is 0 Å². The smallest absolute Gasteiger partial charge is 0.254 e. The van der Waals surface area contributed by atoms with Gasteiger partial charge in [-0.1, -0.05) is 44.2 Å². The second kappa shape index (κ2) is 12.7. The number of aliphatic hydroxyl groups is 1. The molecule has 3 rings (SSSR count). The van der Waals surface area contributed by atoms with E-state index in [1.54, 1.807) is 0 Å². The minimum atomic E-state index is -3.18. The van der Waals surface area contributed by atoms with Crippen LogP contribution < -0.4 is 20.3 Å². The predicted molar refractivity (Wildman–Crippen MR) is 145 cm³/mol. The highest BCUT2D eigenvalue weighted by Crippen LogP contribution is 2.50. The Kier molecular flexibility index (Phi) is 9.98. The second-order valence-corrected chi connectivity index (χ2v) is 11.5. The molecule has 200 valence electrons. The lowest BCUT2D eigenvalue weighted by atomic mass is 10.00. The van der Waals surface area contributed by atoms with E-state index in [0.717, 1.165) is 5.56 Å². The van der Waals surface area contributed by atoms with Crippen LogP contribution in [0.4, 0.5) is 15.8 Å². The van der Waals surface area contributed by atoms with Gasteiger partial charge in [0.05, 0.1) is 29.1 Å². The summed E-state index contributed by atoms with van der Waals surface area (Å²) in [5.74, 6) is -1.33. The van der Waals surface area contributed by atoms with Gasteiger partial charge in [0, 0.05) is 31.4 Å². The monoisotopic (exact) mass is 522 g/mol. The van der Waals surface area contributed by atoms with Gasteiger partial charge in [0.1, 0.15) is 0 Å².